The standard InChI is InChI=1S/C20H23N5O6/c1-14(23-25(30)31)21-11-5-10-17(20(28)29)22-18(26)16-9-6-12-24(19(16)27)13-15-7-3-2-4-8-15/h2-4,6-9,12,17,21,23H,1,5,10-11,13H2,(H,22,26)(H,28,29). The number of carboxylic acids is 1. The molecule has 1 unspecified atom stereocenters. The summed E-state index contributed by atoms with van der Waals surface area (Å²) >= 11 is 0. The van der Waals surface area contributed by atoms with Crippen molar-refractivity contribution in [1.82, 2.24) is 20.6 Å². The first-order valence-corrected chi connectivity index (χ1v) is 9.39. The Morgan fingerprint density at radius 1 is 1.19 bits per heavy atom. The third-order valence-corrected chi connectivity index (χ3v) is 4.30. The lowest BCUT2D eigenvalue weighted by Gasteiger charge is -2.15. The second-order valence-corrected chi connectivity index (χ2v) is 6.62. The van der Waals surface area contributed by atoms with E-state index >= 15 is 0 Å². The van der Waals surface area contributed by atoms with Crippen molar-refractivity contribution < 1.29 is 19.7 Å². The predicted octanol–water partition coefficient (Wildman–Crippen LogP) is 0.702. The molecule has 0 saturated heterocycles. The molecule has 0 fully saturated rings. The van der Waals surface area contributed by atoms with E-state index in [2.05, 4.69) is 17.2 Å². The zero-order chi connectivity index (χ0) is 22.8. The second-order valence-electron chi connectivity index (χ2n) is 6.62. The smallest absolute Gasteiger partial charge is 0.326 e. The normalized spacial score (nSPS) is 11.2. The SMILES string of the molecule is C=C(NCCCC(NC(=O)c1cccn(Cc2ccccc2)c1=O)C(=O)O)N[N+](=O)[O-]. The van der Waals surface area contributed by atoms with Crippen molar-refractivity contribution in [2.75, 3.05) is 6.54 Å². The number of hydrogen-bond acceptors (Lipinski definition) is 6. The van der Waals surface area contributed by atoms with E-state index in [1.54, 1.807) is 12.3 Å². The molecule has 31 heavy (non-hydrogen) atoms. The van der Waals surface area contributed by atoms with Crippen LogP contribution in [0.2, 0.25) is 0 Å². The van der Waals surface area contributed by atoms with E-state index in [0.29, 0.717) is 0 Å². The molecular weight excluding hydrogens is 406 g/mol. The van der Waals surface area contributed by atoms with Crippen LogP contribution in [0.4, 0.5) is 0 Å². The number of aromatic nitrogens is 1. The third kappa shape index (κ3) is 7.31. The van der Waals surface area contributed by atoms with Gasteiger partial charge in [-0.3, -0.25) is 9.59 Å². The average molecular weight is 429 g/mol. The molecule has 2 aromatic rings. The largest absolute Gasteiger partial charge is 0.480 e. The van der Waals surface area contributed by atoms with Gasteiger partial charge in [0.05, 0.1) is 6.54 Å². The molecule has 1 amide bonds. The Bertz CT molecular complexity index is 1000. The molecule has 0 aliphatic carbocycles. The van der Waals surface area contributed by atoms with Gasteiger partial charge in [0, 0.05) is 12.7 Å². The number of aliphatic carboxylic acids is 1. The number of carbonyl (C=O) groups excluding carboxylic acids is 1. The summed E-state index contributed by atoms with van der Waals surface area (Å²) in [6, 6.07) is 10.9. The number of pyridine rings is 1. The molecule has 4 N–H and O–H groups in total. The second kappa shape index (κ2) is 11.1. The zero-order valence-corrected chi connectivity index (χ0v) is 16.6. The minimum atomic E-state index is -1.25. The Morgan fingerprint density at radius 3 is 2.55 bits per heavy atom. The maximum atomic E-state index is 12.7. The summed E-state index contributed by atoms with van der Waals surface area (Å²) in [4.78, 5) is 47.0. The van der Waals surface area contributed by atoms with Crippen LogP contribution in [0.3, 0.4) is 0 Å². The summed E-state index contributed by atoms with van der Waals surface area (Å²) in [6.45, 7) is 3.87. The van der Waals surface area contributed by atoms with Crippen LogP contribution in [0.5, 0.6) is 0 Å². The molecule has 0 spiro atoms. The first-order chi connectivity index (χ1) is 14.8. The van der Waals surface area contributed by atoms with Crippen LogP contribution in [0.15, 0.2) is 65.9 Å². The van der Waals surface area contributed by atoms with Gasteiger partial charge in [0.25, 0.3) is 11.5 Å². The number of rotatable bonds is 12. The highest BCUT2D eigenvalue weighted by atomic mass is 16.7. The van der Waals surface area contributed by atoms with E-state index in [1.807, 2.05) is 35.8 Å². The van der Waals surface area contributed by atoms with Gasteiger partial charge < -0.3 is 20.3 Å². The Hall–Kier alpha value is -4.15. The molecule has 1 aromatic heterocycles. The lowest BCUT2D eigenvalue weighted by Crippen LogP contribution is -2.43. The highest BCUT2D eigenvalue weighted by Crippen LogP contribution is 2.03. The number of hydrazine groups is 1. The highest BCUT2D eigenvalue weighted by Gasteiger charge is 2.22. The Labute approximate surface area is 177 Å². The quantitative estimate of drug-likeness (QED) is 0.218. The van der Waals surface area contributed by atoms with Crippen LogP contribution in [0, 0.1) is 10.1 Å². The predicted molar refractivity (Wildman–Crippen MR) is 112 cm³/mol. The van der Waals surface area contributed by atoms with Crippen molar-refractivity contribution in [2.24, 2.45) is 0 Å². The van der Waals surface area contributed by atoms with Gasteiger partial charge in [-0.05, 0) is 30.5 Å². The summed E-state index contributed by atoms with van der Waals surface area (Å²) < 4.78 is 1.37. The molecule has 1 aromatic carbocycles. The van der Waals surface area contributed by atoms with Crippen LogP contribution in [0.1, 0.15) is 28.8 Å². The summed E-state index contributed by atoms with van der Waals surface area (Å²) in [6.07, 6.45) is 1.88. The molecule has 11 nitrogen and oxygen atoms in total. The molecule has 0 saturated carbocycles. The van der Waals surface area contributed by atoms with E-state index in [1.165, 1.54) is 10.6 Å². The number of nitro groups is 1. The summed E-state index contributed by atoms with van der Waals surface area (Å²) in [5, 5.41) is 23.9. The minimum Gasteiger partial charge on any atom is -0.480 e. The van der Waals surface area contributed by atoms with Gasteiger partial charge in [0.15, 0.2) is 10.9 Å². The Kier molecular flexibility index (Phi) is 8.31. The number of carboxylic acid groups (broad SMARTS) is 1. The van der Waals surface area contributed by atoms with E-state index in [9.17, 15) is 29.6 Å². The third-order valence-electron chi connectivity index (χ3n) is 4.30. The van der Waals surface area contributed by atoms with Crippen molar-refractivity contribution in [2.45, 2.75) is 25.4 Å². The monoisotopic (exact) mass is 429 g/mol. The average Bonchev–Trinajstić information content (AvgIpc) is 2.71. The van der Waals surface area contributed by atoms with Crippen molar-refractivity contribution in [3.63, 3.8) is 0 Å². The number of nitrogens with one attached hydrogen (secondary N) is 3. The van der Waals surface area contributed by atoms with Crippen molar-refractivity contribution in [3.05, 3.63) is 92.7 Å². The van der Waals surface area contributed by atoms with Gasteiger partial charge in [-0.2, -0.15) is 0 Å². The first kappa shape index (κ1) is 23.1. The summed E-state index contributed by atoms with van der Waals surface area (Å²) in [7, 11) is 0. The maximum absolute atomic E-state index is 12.7. The topological polar surface area (TPSA) is 156 Å². The fraction of sp³-hybridized carbons (Fsp3) is 0.250. The van der Waals surface area contributed by atoms with Crippen molar-refractivity contribution in [3.8, 4) is 0 Å². The summed E-state index contributed by atoms with van der Waals surface area (Å²) in [5.41, 5.74) is 2.02. The molecule has 164 valence electrons. The lowest BCUT2D eigenvalue weighted by molar-refractivity contribution is -0.536. The van der Waals surface area contributed by atoms with Gasteiger partial charge in [0.2, 0.25) is 0 Å². The molecule has 0 aliphatic heterocycles. The minimum absolute atomic E-state index is 0.0378. The van der Waals surface area contributed by atoms with Crippen LogP contribution >= 0.6 is 0 Å². The van der Waals surface area contributed by atoms with Gasteiger partial charge in [0.1, 0.15) is 11.6 Å². The van der Waals surface area contributed by atoms with Gasteiger partial charge in [-0.15, -0.1) is 0 Å². The summed E-state index contributed by atoms with van der Waals surface area (Å²) in [5.74, 6) is -2.08. The van der Waals surface area contributed by atoms with Crippen molar-refractivity contribution in [1.29, 1.82) is 0 Å². The Balaban J connectivity index is 1.98. The van der Waals surface area contributed by atoms with Crippen molar-refractivity contribution >= 4 is 11.9 Å². The number of benzene rings is 1. The highest BCUT2D eigenvalue weighted by molar-refractivity contribution is 5.96. The molecule has 0 bridgehead atoms. The zero-order valence-electron chi connectivity index (χ0n) is 16.6. The molecular formula is C20H23N5O6. The molecule has 1 atom stereocenters. The van der Waals surface area contributed by atoms with E-state index < -0.39 is 28.5 Å². The molecule has 0 radical (unpaired) electrons. The van der Waals surface area contributed by atoms with Crippen LogP contribution < -0.4 is 21.6 Å². The number of hydrogen-bond donors (Lipinski definition) is 4. The Morgan fingerprint density at radius 2 is 1.90 bits per heavy atom. The molecule has 1 heterocycles. The maximum Gasteiger partial charge on any atom is 0.326 e. The van der Waals surface area contributed by atoms with Gasteiger partial charge in [-0.1, -0.05) is 42.3 Å². The number of amides is 1. The van der Waals surface area contributed by atoms with E-state index in [-0.39, 0.29) is 37.3 Å². The van der Waals surface area contributed by atoms with Gasteiger partial charge >= 0.3 is 5.97 Å². The molecule has 11 heteroatoms. The van der Waals surface area contributed by atoms with E-state index in [4.69, 9.17) is 0 Å². The molecule has 2 rings (SSSR count). The number of nitrogens with zero attached hydrogens (tertiary/aromatic N) is 2. The van der Waals surface area contributed by atoms with Crippen LogP contribution in [-0.4, -0.2) is 39.2 Å². The fourth-order valence-corrected chi connectivity index (χ4v) is 2.80. The molecule has 0 aliphatic rings. The van der Waals surface area contributed by atoms with Crippen LogP contribution in [-0.2, 0) is 11.3 Å². The van der Waals surface area contributed by atoms with E-state index in [0.717, 1.165) is 5.56 Å². The lowest BCUT2D eigenvalue weighted by atomic mass is 10.1. The van der Waals surface area contributed by atoms with Crippen LogP contribution in [0.25, 0.3) is 0 Å². The number of carbonyl (C=O) groups is 2. The fourth-order valence-electron chi connectivity index (χ4n) is 2.80. The first-order valence-electron chi connectivity index (χ1n) is 9.39. The van der Waals surface area contributed by atoms with Gasteiger partial charge in [-0.25, -0.2) is 14.9 Å².